The molecule has 2 aromatic heterocycles. The summed E-state index contributed by atoms with van der Waals surface area (Å²) >= 11 is 1.40. The van der Waals surface area contributed by atoms with Crippen LogP contribution in [-0.2, 0) is 23.7 Å². The lowest BCUT2D eigenvalue weighted by Gasteiger charge is -2.27. The molecule has 13 nitrogen and oxygen atoms in total. The van der Waals surface area contributed by atoms with E-state index < -0.39 is 71.6 Å². The number of carbonyl (C=O) groups excluding carboxylic acids is 1. The molecule has 3 heterocycles. The van der Waals surface area contributed by atoms with E-state index >= 15 is 0 Å². The van der Waals surface area contributed by atoms with Gasteiger partial charge in [-0.25, -0.2) is 33.0 Å². The van der Waals surface area contributed by atoms with Crippen LogP contribution in [0.5, 0.6) is 0 Å². The number of anilines is 1. The molecule has 16 heteroatoms. The number of halogens is 2. The van der Waals surface area contributed by atoms with Crippen LogP contribution in [0.4, 0.5) is 19.4 Å². The number of hydrogen-bond donors (Lipinski definition) is 1. The Morgan fingerprint density at radius 1 is 1.17 bits per heavy atom. The summed E-state index contributed by atoms with van der Waals surface area (Å²) in [5.41, 5.74) is 0.261. The predicted molar refractivity (Wildman–Crippen MR) is 170 cm³/mol. The number of rotatable bonds is 10. The third kappa shape index (κ3) is 6.84. The van der Waals surface area contributed by atoms with Gasteiger partial charge in [-0.3, -0.25) is 4.90 Å². The fraction of sp³-hybridized carbons (Fsp3) is 0.625. The molecule has 3 aliphatic rings. The minimum atomic E-state index is -1.10. The molecular formula is C32H40F2N6O7S. The van der Waals surface area contributed by atoms with Crippen molar-refractivity contribution in [3.63, 3.8) is 0 Å². The van der Waals surface area contributed by atoms with Gasteiger partial charge in [0.25, 0.3) is 0 Å². The zero-order chi connectivity index (χ0) is 34.7. The standard InChI is InChI=1S/C32H40F2N6O7S/c1-8-11-48-29-35-26(39(30(43)47-31(3,4)5)20-13-17(20)16-9-10-18(33)19(34)12-16)23-27(36-29)40(38-37-23)21-14-22(44-15(2)28(41)42)25-24(21)45-32(6,7)46-25/h9-10,12,15,17,20-22,24-25H,8,11,13-14H2,1-7H3,(H,41,42)/t15?,17-,20+,21+,22-,24-,25+/m0/s1. The molecule has 1 N–H and O–H groups in total. The highest BCUT2D eigenvalue weighted by molar-refractivity contribution is 7.99. The Balaban J connectivity index is 1.44. The lowest BCUT2D eigenvalue weighted by Crippen LogP contribution is -2.39. The molecule has 1 aromatic carbocycles. The molecule has 0 spiro atoms. The molecule has 1 unspecified atom stereocenters. The molecule has 7 atom stereocenters. The zero-order valence-electron chi connectivity index (χ0n) is 27.8. The van der Waals surface area contributed by atoms with Gasteiger partial charge in [-0.1, -0.05) is 30.0 Å². The maximum absolute atomic E-state index is 14.2. The van der Waals surface area contributed by atoms with Crippen LogP contribution in [0.15, 0.2) is 23.4 Å². The summed E-state index contributed by atoms with van der Waals surface area (Å²) < 4.78 is 53.8. The first-order chi connectivity index (χ1) is 22.6. The molecule has 2 aliphatic carbocycles. The van der Waals surface area contributed by atoms with Gasteiger partial charge < -0.3 is 24.1 Å². The van der Waals surface area contributed by atoms with Crippen molar-refractivity contribution in [1.29, 1.82) is 0 Å². The van der Waals surface area contributed by atoms with Gasteiger partial charge in [0.05, 0.1) is 12.1 Å². The molecule has 6 rings (SSSR count). The smallest absolute Gasteiger partial charge is 0.416 e. The van der Waals surface area contributed by atoms with E-state index in [9.17, 15) is 23.5 Å². The van der Waals surface area contributed by atoms with E-state index in [2.05, 4.69) is 10.3 Å². The molecular weight excluding hydrogens is 650 g/mol. The lowest BCUT2D eigenvalue weighted by molar-refractivity contribution is -0.179. The summed E-state index contributed by atoms with van der Waals surface area (Å²) in [7, 11) is 0. The zero-order valence-corrected chi connectivity index (χ0v) is 28.7. The van der Waals surface area contributed by atoms with Crippen LogP contribution in [-0.4, -0.2) is 89.7 Å². The van der Waals surface area contributed by atoms with E-state index in [-0.39, 0.29) is 17.3 Å². The number of amides is 1. The summed E-state index contributed by atoms with van der Waals surface area (Å²) in [6, 6.07) is 2.73. The molecule has 1 saturated heterocycles. The van der Waals surface area contributed by atoms with E-state index in [1.165, 1.54) is 29.7 Å². The first-order valence-corrected chi connectivity index (χ1v) is 17.0. The fourth-order valence-corrected chi connectivity index (χ4v) is 6.99. The Labute approximate surface area is 280 Å². The Morgan fingerprint density at radius 3 is 2.56 bits per heavy atom. The molecule has 0 radical (unpaired) electrons. The number of carboxylic acids is 1. The Morgan fingerprint density at radius 2 is 1.90 bits per heavy atom. The Hall–Kier alpha value is -3.47. The van der Waals surface area contributed by atoms with Gasteiger partial charge >= 0.3 is 12.1 Å². The fourth-order valence-electron chi connectivity index (χ4n) is 6.30. The van der Waals surface area contributed by atoms with Gasteiger partial charge in [-0.05, 0) is 72.1 Å². The van der Waals surface area contributed by atoms with Crippen LogP contribution in [0.25, 0.3) is 11.2 Å². The summed E-state index contributed by atoms with van der Waals surface area (Å²) in [6.45, 7) is 12.3. The van der Waals surface area contributed by atoms with Crippen molar-refractivity contribution >= 4 is 40.8 Å². The number of nitrogens with zero attached hydrogens (tertiary/aromatic N) is 6. The van der Waals surface area contributed by atoms with Gasteiger partial charge in [0, 0.05) is 24.1 Å². The van der Waals surface area contributed by atoms with Crippen LogP contribution < -0.4 is 4.90 Å². The number of fused-ring (bicyclic) bond motifs is 2. The first kappa shape index (κ1) is 34.4. The third-order valence-electron chi connectivity index (χ3n) is 8.42. The minimum Gasteiger partial charge on any atom is -0.479 e. The van der Waals surface area contributed by atoms with Crippen molar-refractivity contribution in [2.75, 3.05) is 10.7 Å². The summed E-state index contributed by atoms with van der Waals surface area (Å²) in [5.74, 6) is -3.42. The summed E-state index contributed by atoms with van der Waals surface area (Å²) in [4.78, 5) is 36.6. The minimum absolute atomic E-state index is 0.181. The second kappa shape index (κ2) is 12.8. The summed E-state index contributed by atoms with van der Waals surface area (Å²) in [6.07, 6.45) is -1.93. The number of thioether (sulfide) groups is 1. The van der Waals surface area contributed by atoms with E-state index in [1.54, 1.807) is 39.3 Å². The van der Waals surface area contributed by atoms with Gasteiger partial charge in [0.2, 0.25) is 0 Å². The molecule has 2 saturated carbocycles. The highest BCUT2D eigenvalue weighted by Gasteiger charge is 2.57. The van der Waals surface area contributed by atoms with Gasteiger partial charge in [0.1, 0.15) is 17.8 Å². The highest BCUT2D eigenvalue weighted by atomic mass is 32.2. The number of benzene rings is 1. The van der Waals surface area contributed by atoms with Crippen LogP contribution >= 0.6 is 11.8 Å². The van der Waals surface area contributed by atoms with E-state index in [0.29, 0.717) is 35.0 Å². The average Bonchev–Trinajstić information content (AvgIpc) is 3.38. The van der Waals surface area contributed by atoms with Crippen molar-refractivity contribution in [2.45, 2.75) is 127 Å². The lowest BCUT2D eigenvalue weighted by atomic mass is 10.1. The van der Waals surface area contributed by atoms with Crippen LogP contribution in [0.3, 0.4) is 0 Å². The number of hydrogen-bond acceptors (Lipinski definition) is 11. The Bertz CT molecular complexity index is 1720. The SMILES string of the molecule is CCCSc1nc(N(C(=O)OC(C)(C)C)[C@@H]2C[C@H]2c2ccc(F)c(F)c2)c2nnn([C@@H]3C[C@H](OC(C)C(=O)O)[C@H]4OC(C)(C)O[C@H]43)c2n1. The highest BCUT2D eigenvalue weighted by Crippen LogP contribution is 2.49. The van der Waals surface area contributed by atoms with Crippen molar-refractivity contribution in [1.82, 2.24) is 25.0 Å². The van der Waals surface area contributed by atoms with Gasteiger partial charge in [0.15, 0.2) is 45.7 Å². The third-order valence-corrected chi connectivity index (χ3v) is 9.48. The van der Waals surface area contributed by atoms with Crippen LogP contribution in [0.1, 0.15) is 85.3 Å². The maximum Gasteiger partial charge on any atom is 0.416 e. The van der Waals surface area contributed by atoms with E-state index in [4.69, 9.17) is 28.9 Å². The number of carboxylic acid groups (broad SMARTS) is 1. The molecule has 1 aliphatic heterocycles. The van der Waals surface area contributed by atoms with Crippen LogP contribution in [0.2, 0.25) is 0 Å². The van der Waals surface area contributed by atoms with Crippen molar-refractivity contribution < 1.29 is 42.4 Å². The normalized spacial score (nSPS) is 26.8. The maximum atomic E-state index is 14.2. The predicted octanol–water partition coefficient (Wildman–Crippen LogP) is 5.62. The van der Waals surface area contributed by atoms with Crippen LogP contribution in [0, 0.1) is 11.6 Å². The second-order valence-corrected chi connectivity index (χ2v) is 14.9. The topological polar surface area (TPSA) is 151 Å². The van der Waals surface area contributed by atoms with Gasteiger partial charge in [-0.2, -0.15) is 0 Å². The van der Waals surface area contributed by atoms with Crippen molar-refractivity contribution in [3.8, 4) is 0 Å². The number of ether oxygens (including phenoxy) is 4. The first-order valence-electron chi connectivity index (χ1n) is 16.0. The summed E-state index contributed by atoms with van der Waals surface area (Å²) in [5, 5.41) is 18.9. The van der Waals surface area contributed by atoms with Crippen molar-refractivity contribution in [3.05, 3.63) is 35.4 Å². The second-order valence-electron chi connectivity index (χ2n) is 13.8. The van der Waals surface area contributed by atoms with E-state index in [0.717, 1.165) is 18.6 Å². The molecule has 3 aromatic rings. The largest absolute Gasteiger partial charge is 0.479 e. The Kier molecular flexibility index (Phi) is 9.15. The molecule has 1 amide bonds. The van der Waals surface area contributed by atoms with Crippen molar-refractivity contribution in [2.24, 2.45) is 0 Å². The number of aromatic nitrogens is 5. The average molecular weight is 691 g/mol. The molecule has 3 fully saturated rings. The quantitative estimate of drug-likeness (QED) is 0.208. The number of carbonyl (C=O) groups is 2. The molecule has 0 bridgehead atoms. The molecule has 48 heavy (non-hydrogen) atoms. The number of aliphatic carboxylic acids is 1. The van der Waals surface area contributed by atoms with Gasteiger partial charge in [-0.15, -0.1) is 5.10 Å². The van der Waals surface area contributed by atoms with E-state index in [1.807, 2.05) is 6.92 Å². The molecule has 260 valence electrons. The monoisotopic (exact) mass is 690 g/mol.